The van der Waals surface area contributed by atoms with Crippen molar-refractivity contribution in [2.75, 3.05) is 24.9 Å². The number of carbonyl (C=O) groups excluding carboxylic acids is 2. The van der Waals surface area contributed by atoms with Crippen molar-refractivity contribution < 1.29 is 19.1 Å². The molecule has 8 nitrogen and oxygen atoms in total. The first-order chi connectivity index (χ1) is 14.0. The van der Waals surface area contributed by atoms with Crippen LogP contribution in [0.3, 0.4) is 0 Å². The normalized spacial score (nSPS) is 10.2. The maximum absolute atomic E-state index is 12.5. The van der Waals surface area contributed by atoms with E-state index in [1.54, 1.807) is 54.6 Å². The van der Waals surface area contributed by atoms with Gasteiger partial charge in [0.05, 0.1) is 14.2 Å². The minimum absolute atomic E-state index is 0.00471. The van der Waals surface area contributed by atoms with Gasteiger partial charge < -0.3 is 20.1 Å². The third kappa shape index (κ3) is 5.07. The maximum Gasteiger partial charge on any atom is 0.257 e. The van der Waals surface area contributed by atoms with Gasteiger partial charge in [0, 0.05) is 22.9 Å². The van der Waals surface area contributed by atoms with Gasteiger partial charge in [0.15, 0.2) is 17.4 Å². The van der Waals surface area contributed by atoms with Crippen molar-refractivity contribution in [2.24, 2.45) is 0 Å². The van der Waals surface area contributed by atoms with Gasteiger partial charge in [-0.3, -0.25) is 9.59 Å². The average molecular weight is 392 g/mol. The molecule has 2 N–H and O–H groups in total. The molecule has 8 heteroatoms. The predicted octanol–water partition coefficient (Wildman–Crippen LogP) is 3.69. The van der Waals surface area contributed by atoms with Crippen LogP contribution in [0.2, 0.25) is 0 Å². The van der Waals surface area contributed by atoms with E-state index in [9.17, 15) is 9.59 Å². The Morgan fingerprint density at radius 1 is 0.793 bits per heavy atom. The first-order valence-corrected chi connectivity index (χ1v) is 8.74. The first-order valence-electron chi connectivity index (χ1n) is 8.74. The molecule has 0 spiro atoms. The number of anilines is 3. The highest BCUT2D eigenvalue weighted by Gasteiger charge is 2.11. The molecule has 0 saturated heterocycles. The van der Waals surface area contributed by atoms with Gasteiger partial charge in [-0.05, 0) is 55.5 Å². The number of amides is 1. The highest BCUT2D eigenvalue weighted by atomic mass is 16.5. The monoisotopic (exact) mass is 392 g/mol. The van der Waals surface area contributed by atoms with Crippen LogP contribution in [-0.4, -0.2) is 36.1 Å². The van der Waals surface area contributed by atoms with Gasteiger partial charge >= 0.3 is 0 Å². The van der Waals surface area contributed by atoms with Crippen LogP contribution in [0.25, 0.3) is 0 Å². The van der Waals surface area contributed by atoms with Crippen molar-refractivity contribution in [3.05, 3.63) is 65.7 Å². The molecule has 1 amide bonds. The van der Waals surface area contributed by atoms with Crippen LogP contribution in [0, 0.1) is 0 Å². The third-order valence-corrected chi connectivity index (χ3v) is 4.08. The van der Waals surface area contributed by atoms with Crippen molar-refractivity contribution in [2.45, 2.75) is 6.92 Å². The Kier molecular flexibility index (Phi) is 6.03. The topological polar surface area (TPSA) is 102 Å². The van der Waals surface area contributed by atoms with Crippen molar-refractivity contribution in [1.29, 1.82) is 0 Å². The minimum atomic E-state index is -0.364. The molecular formula is C21H20N4O4. The number of hydrogen-bond donors (Lipinski definition) is 2. The quantitative estimate of drug-likeness (QED) is 0.591. The van der Waals surface area contributed by atoms with Crippen LogP contribution in [0.5, 0.6) is 11.5 Å². The lowest BCUT2D eigenvalue weighted by Gasteiger charge is -2.09. The summed E-state index contributed by atoms with van der Waals surface area (Å²) >= 11 is 0. The molecule has 0 radical (unpaired) electrons. The molecule has 0 fully saturated rings. The largest absolute Gasteiger partial charge is 0.497 e. The summed E-state index contributed by atoms with van der Waals surface area (Å²) in [4.78, 5) is 23.8. The molecule has 0 aliphatic rings. The average Bonchev–Trinajstić information content (AvgIpc) is 2.75. The highest BCUT2D eigenvalue weighted by Crippen LogP contribution is 2.23. The highest BCUT2D eigenvalue weighted by molar-refractivity contribution is 6.04. The number of aromatic nitrogens is 2. The van der Waals surface area contributed by atoms with E-state index < -0.39 is 0 Å². The zero-order valence-corrected chi connectivity index (χ0v) is 16.2. The molecule has 3 rings (SSSR count). The number of hydrogen-bond acceptors (Lipinski definition) is 7. The van der Waals surface area contributed by atoms with Crippen LogP contribution in [0.15, 0.2) is 54.6 Å². The van der Waals surface area contributed by atoms with E-state index in [4.69, 9.17) is 9.47 Å². The molecule has 0 unspecified atom stereocenters. The van der Waals surface area contributed by atoms with Crippen LogP contribution in [0.1, 0.15) is 27.6 Å². The minimum Gasteiger partial charge on any atom is -0.497 e. The van der Waals surface area contributed by atoms with Gasteiger partial charge in [0.1, 0.15) is 11.5 Å². The summed E-state index contributed by atoms with van der Waals surface area (Å²) in [6.45, 7) is 1.52. The molecule has 2 aromatic carbocycles. The lowest BCUT2D eigenvalue weighted by atomic mass is 10.1. The molecule has 0 aliphatic heterocycles. The van der Waals surface area contributed by atoms with E-state index in [0.29, 0.717) is 34.3 Å². The van der Waals surface area contributed by atoms with Crippen LogP contribution >= 0.6 is 0 Å². The maximum atomic E-state index is 12.5. The lowest BCUT2D eigenvalue weighted by molar-refractivity contribution is 0.101. The number of ether oxygens (including phenoxy) is 2. The van der Waals surface area contributed by atoms with Crippen molar-refractivity contribution in [3.8, 4) is 11.5 Å². The second-order valence-corrected chi connectivity index (χ2v) is 6.12. The van der Waals surface area contributed by atoms with E-state index in [1.807, 2.05) is 0 Å². The number of methoxy groups -OCH3 is 2. The summed E-state index contributed by atoms with van der Waals surface area (Å²) < 4.78 is 10.4. The standard InChI is InChI=1S/C21H20N4O4/c1-13(26)14-4-6-16(7-5-14)22-19-8-9-20(25-24-19)23-21(27)15-10-17(28-2)12-18(11-15)29-3/h4-12H,1-3H3,(H,22,24)(H,23,25,27). The van der Waals surface area contributed by atoms with Gasteiger partial charge in [-0.1, -0.05) is 0 Å². The van der Waals surface area contributed by atoms with E-state index >= 15 is 0 Å². The smallest absolute Gasteiger partial charge is 0.257 e. The number of benzene rings is 2. The summed E-state index contributed by atoms with van der Waals surface area (Å²) in [7, 11) is 3.03. The molecule has 3 aromatic rings. The number of carbonyl (C=O) groups is 2. The Hall–Kier alpha value is -3.94. The molecule has 0 saturated carbocycles. The molecule has 0 aliphatic carbocycles. The number of nitrogens with one attached hydrogen (secondary N) is 2. The summed E-state index contributed by atoms with van der Waals surface area (Å²) in [6.07, 6.45) is 0. The van der Waals surface area contributed by atoms with Gasteiger partial charge in [0.25, 0.3) is 5.91 Å². The summed E-state index contributed by atoms with van der Waals surface area (Å²) in [6, 6.07) is 15.2. The van der Waals surface area contributed by atoms with E-state index in [2.05, 4.69) is 20.8 Å². The van der Waals surface area contributed by atoms with E-state index in [0.717, 1.165) is 5.69 Å². The van der Waals surface area contributed by atoms with Crippen LogP contribution in [-0.2, 0) is 0 Å². The number of nitrogens with zero attached hydrogens (tertiary/aromatic N) is 2. The summed E-state index contributed by atoms with van der Waals surface area (Å²) in [5.41, 5.74) is 1.77. The van der Waals surface area contributed by atoms with Gasteiger partial charge in [0.2, 0.25) is 0 Å². The van der Waals surface area contributed by atoms with E-state index in [1.165, 1.54) is 21.1 Å². The van der Waals surface area contributed by atoms with Crippen molar-refractivity contribution >= 4 is 29.0 Å². The lowest BCUT2D eigenvalue weighted by Crippen LogP contribution is -2.14. The molecule has 0 atom stereocenters. The molecule has 1 aromatic heterocycles. The van der Waals surface area contributed by atoms with Crippen molar-refractivity contribution in [3.63, 3.8) is 0 Å². The van der Waals surface area contributed by atoms with Crippen LogP contribution < -0.4 is 20.1 Å². The fourth-order valence-electron chi connectivity index (χ4n) is 2.53. The van der Waals surface area contributed by atoms with Gasteiger partial charge in [-0.25, -0.2) is 0 Å². The summed E-state index contributed by atoms with van der Waals surface area (Å²) in [5, 5.41) is 13.8. The second-order valence-electron chi connectivity index (χ2n) is 6.12. The zero-order valence-electron chi connectivity index (χ0n) is 16.2. The number of Topliss-reactive ketones (excluding diaryl/α,β-unsaturated/α-hetero) is 1. The predicted molar refractivity (Wildman–Crippen MR) is 109 cm³/mol. The molecule has 148 valence electrons. The second kappa shape index (κ2) is 8.83. The molecular weight excluding hydrogens is 372 g/mol. The van der Waals surface area contributed by atoms with Gasteiger partial charge in [-0.2, -0.15) is 0 Å². The Morgan fingerprint density at radius 3 is 1.90 bits per heavy atom. The Balaban J connectivity index is 1.67. The summed E-state index contributed by atoms with van der Waals surface area (Å²) in [5.74, 6) is 1.46. The fourth-order valence-corrected chi connectivity index (χ4v) is 2.53. The first kappa shape index (κ1) is 19.8. The number of rotatable bonds is 7. The zero-order chi connectivity index (χ0) is 20.8. The Bertz CT molecular complexity index is 996. The Morgan fingerprint density at radius 2 is 1.38 bits per heavy atom. The van der Waals surface area contributed by atoms with Crippen LogP contribution in [0.4, 0.5) is 17.3 Å². The fraction of sp³-hybridized carbons (Fsp3) is 0.143. The SMILES string of the molecule is COc1cc(OC)cc(C(=O)Nc2ccc(Nc3ccc(C(C)=O)cc3)nn2)c1. The molecule has 1 heterocycles. The molecule has 0 bridgehead atoms. The Labute approximate surface area is 167 Å². The number of ketones is 1. The van der Waals surface area contributed by atoms with E-state index in [-0.39, 0.29) is 11.7 Å². The third-order valence-electron chi connectivity index (χ3n) is 4.08. The van der Waals surface area contributed by atoms with Gasteiger partial charge in [-0.15, -0.1) is 10.2 Å². The molecule has 29 heavy (non-hydrogen) atoms. The van der Waals surface area contributed by atoms with Crippen molar-refractivity contribution in [1.82, 2.24) is 10.2 Å².